The number of aryl methyl sites for hydroxylation is 1. The average Bonchev–Trinajstić information content (AvgIpc) is 2.89. The molecule has 0 spiro atoms. The molecule has 0 aliphatic carbocycles. The number of carbonyl (C=O) groups excluding carboxylic acids is 1. The van der Waals surface area contributed by atoms with Crippen LogP contribution in [0.25, 0.3) is 0 Å². The number of anilines is 1. The number of carbonyl (C=O) groups is 1. The highest BCUT2D eigenvalue weighted by Crippen LogP contribution is 2.35. The van der Waals surface area contributed by atoms with Gasteiger partial charge in [-0.3, -0.25) is 9.10 Å². The molecule has 0 fully saturated rings. The van der Waals surface area contributed by atoms with Gasteiger partial charge < -0.3 is 19.5 Å². The zero-order valence-electron chi connectivity index (χ0n) is 21.6. The molecule has 0 heterocycles. The summed E-state index contributed by atoms with van der Waals surface area (Å²) in [5, 5.41) is 2.84. The van der Waals surface area contributed by atoms with Gasteiger partial charge in [0.15, 0.2) is 0 Å². The molecule has 0 aliphatic rings. The first kappa shape index (κ1) is 27.9. The number of hydrogen-bond acceptors (Lipinski definition) is 6. The maximum atomic E-state index is 13.6. The van der Waals surface area contributed by atoms with E-state index >= 15 is 0 Å². The second kappa shape index (κ2) is 13.0. The van der Waals surface area contributed by atoms with Crippen LogP contribution in [0.5, 0.6) is 17.2 Å². The first-order valence-corrected chi connectivity index (χ1v) is 13.5. The Morgan fingerprint density at radius 3 is 2.35 bits per heavy atom. The summed E-state index contributed by atoms with van der Waals surface area (Å²) in [5.41, 5.74) is 1.31. The van der Waals surface area contributed by atoms with Crippen molar-refractivity contribution in [3.8, 4) is 17.2 Å². The molecule has 8 nitrogen and oxygen atoms in total. The van der Waals surface area contributed by atoms with Gasteiger partial charge in [0.05, 0.1) is 30.9 Å². The van der Waals surface area contributed by atoms with Gasteiger partial charge in [0, 0.05) is 12.6 Å². The fraction of sp³-hybridized carbons (Fsp3) is 0.321. The first-order chi connectivity index (χ1) is 17.7. The van der Waals surface area contributed by atoms with Crippen molar-refractivity contribution < 1.29 is 27.4 Å². The highest BCUT2D eigenvalue weighted by atomic mass is 32.2. The van der Waals surface area contributed by atoms with E-state index < -0.39 is 22.5 Å². The molecule has 198 valence electrons. The van der Waals surface area contributed by atoms with Gasteiger partial charge in [-0.1, -0.05) is 30.3 Å². The van der Waals surface area contributed by atoms with Gasteiger partial charge in [-0.2, -0.15) is 0 Å². The summed E-state index contributed by atoms with van der Waals surface area (Å²) in [4.78, 5) is 13.0. The Bertz CT molecular complexity index is 1280. The topological polar surface area (TPSA) is 94.2 Å². The van der Waals surface area contributed by atoms with Crippen molar-refractivity contribution in [3.05, 3.63) is 78.4 Å². The lowest BCUT2D eigenvalue weighted by molar-refractivity contribution is -0.119. The van der Waals surface area contributed by atoms with E-state index in [2.05, 4.69) is 5.32 Å². The SMILES string of the molecule is COc1ccc(OC)c(N(CC(=O)NCCCc2cccc(OC(C)C)c2)S(=O)(=O)c2ccccc2)c1. The quantitative estimate of drug-likeness (QED) is 0.331. The van der Waals surface area contributed by atoms with Crippen LogP contribution in [0.2, 0.25) is 0 Å². The van der Waals surface area contributed by atoms with Crippen LogP contribution >= 0.6 is 0 Å². The molecule has 9 heteroatoms. The fourth-order valence-corrected chi connectivity index (χ4v) is 5.21. The monoisotopic (exact) mass is 526 g/mol. The molecule has 3 aromatic rings. The van der Waals surface area contributed by atoms with E-state index in [0.29, 0.717) is 24.5 Å². The first-order valence-electron chi connectivity index (χ1n) is 12.1. The van der Waals surface area contributed by atoms with Gasteiger partial charge in [0.1, 0.15) is 23.8 Å². The zero-order chi connectivity index (χ0) is 26.8. The Labute approximate surface area is 219 Å². The molecular weight excluding hydrogens is 492 g/mol. The molecule has 0 saturated heterocycles. The molecule has 1 amide bonds. The number of benzene rings is 3. The number of rotatable bonds is 13. The Kier molecular flexibility index (Phi) is 9.79. The summed E-state index contributed by atoms with van der Waals surface area (Å²) in [7, 11) is -1.14. The fourth-order valence-electron chi connectivity index (χ4n) is 3.76. The van der Waals surface area contributed by atoms with Gasteiger partial charge in [0.25, 0.3) is 10.0 Å². The van der Waals surface area contributed by atoms with E-state index in [4.69, 9.17) is 14.2 Å². The Morgan fingerprint density at radius 1 is 0.919 bits per heavy atom. The van der Waals surface area contributed by atoms with E-state index in [9.17, 15) is 13.2 Å². The Hall–Kier alpha value is -3.72. The van der Waals surface area contributed by atoms with Crippen molar-refractivity contribution >= 4 is 21.6 Å². The molecule has 0 aliphatic heterocycles. The van der Waals surface area contributed by atoms with Crippen molar-refractivity contribution in [2.24, 2.45) is 0 Å². The lowest BCUT2D eigenvalue weighted by Crippen LogP contribution is -2.41. The number of sulfonamides is 1. The third-order valence-corrected chi connectivity index (χ3v) is 7.28. The number of nitrogens with zero attached hydrogens (tertiary/aromatic N) is 1. The zero-order valence-corrected chi connectivity index (χ0v) is 22.5. The van der Waals surface area contributed by atoms with E-state index in [-0.39, 0.29) is 16.7 Å². The largest absolute Gasteiger partial charge is 0.497 e. The van der Waals surface area contributed by atoms with Crippen LogP contribution in [0.15, 0.2) is 77.7 Å². The highest BCUT2D eigenvalue weighted by molar-refractivity contribution is 7.92. The molecule has 0 atom stereocenters. The smallest absolute Gasteiger partial charge is 0.264 e. The molecule has 37 heavy (non-hydrogen) atoms. The Morgan fingerprint density at radius 2 is 1.68 bits per heavy atom. The van der Waals surface area contributed by atoms with Crippen molar-refractivity contribution in [2.45, 2.75) is 37.7 Å². The molecule has 3 rings (SSSR count). The van der Waals surface area contributed by atoms with Crippen molar-refractivity contribution in [1.29, 1.82) is 0 Å². The van der Waals surface area contributed by atoms with Crippen molar-refractivity contribution in [2.75, 3.05) is 31.6 Å². The summed E-state index contributed by atoms with van der Waals surface area (Å²) in [6, 6.07) is 20.7. The lowest BCUT2D eigenvalue weighted by Gasteiger charge is -2.26. The van der Waals surface area contributed by atoms with Crippen LogP contribution in [0.3, 0.4) is 0 Å². The number of nitrogens with one attached hydrogen (secondary N) is 1. The highest BCUT2D eigenvalue weighted by Gasteiger charge is 2.29. The van der Waals surface area contributed by atoms with Crippen molar-refractivity contribution in [3.63, 3.8) is 0 Å². The van der Waals surface area contributed by atoms with E-state index in [1.807, 2.05) is 38.1 Å². The van der Waals surface area contributed by atoms with Crippen LogP contribution in [0.4, 0.5) is 5.69 Å². The number of methoxy groups -OCH3 is 2. The van der Waals surface area contributed by atoms with Gasteiger partial charge in [0.2, 0.25) is 5.91 Å². The van der Waals surface area contributed by atoms with Crippen molar-refractivity contribution in [1.82, 2.24) is 5.32 Å². The minimum Gasteiger partial charge on any atom is -0.497 e. The number of ether oxygens (including phenoxy) is 3. The third kappa shape index (κ3) is 7.63. The summed E-state index contributed by atoms with van der Waals surface area (Å²) in [6.45, 7) is 3.93. The standard InChI is InChI=1S/C28H34N2O6S/c1-21(2)36-24-12-8-10-22(18-24)11-9-17-29-28(31)20-30(37(32,33)25-13-6-5-7-14-25)26-19-23(34-3)15-16-27(26)35-4/h5-8,10,12-16,18-19,21H,9,11,17,20H2,1-4H3,(H,29,31). The number of hydrogen-bond donors (Lipinski definition) is 1. The van der Waals surface area contributed by atoms with Gasteiger partial charge in [-0.15, -0.1) is 0 Å². The molecule has 0 saturated carbocycles. The van der Waals surface area contributed by atoms with Gasteiger partial charge in [-0.05, 0) is 68.7 Å². The van der Waals surface area contributed by atoms with E-state index in [1.165, 1.54) is 26.4 Å². The molecule has 0 aromatic heterocycles. The minimum absolute atomic E-state index is 0.0659. The third-order valence-electron chi connectivity index (χ3n) is 5.51. The Balaban J connectivity index is 1.74. The average molecular weight is 527 g/mol. The summed E-state index contributed by atoms with van der Waals surface area (Å²) in [6.07, 6.45) is 1.52. The van der Waals surface area contributed by atoms with E-state index in [1.54, 1.807) is 36.4 Å². The van der Waals surface area contributed by atoms with Crippen LogP contribution in [-0.4, -0.2) is 47.7 Å². The number of amides is 1. The van der Waals surface area contributed by atoms with Crippen LogP contribution < -0.4 is 23.8 Å². The second-order valence-electron chi connectivity index (χ2n) is 8.63. The summed E-state index contributed by atoms with van der Waals surface area (Å²) >= 11 is 0. The molecule has 0 unspecified atom stereocenters. The maximum Gasteiger partial charge on any atom is 0.264 e. The molecule has 0 bridgehead atoms. The van der Waals surface area contributed by atoms with E-state index in [0.717, 1.165) is 22.0 Å². The summed E-state index contributed by atoms with van der Waals surface area (Å²) in [5.74, 6) is 1.12. The second-order valence-corrected chi connectivity index (χ2v) is 10.5. The molecule has 0 radical (unpaired) electrons. The predicted octanol–water partition coefficient (Wildman–Crippen LogP) is 4.44. The molecule has 1 N–H and O–H groups in total. The van der Waals surface area contributed by atoms with Gasteiger partial charge in [-0.25, -0.2) is 8.42 Å². The maximum absolute atomic E-state index is 13.6. The van der Waals surface area contributed by atoms with Crippen LogP contribution in [-0.2, 0) is 21.2 Å². The predicted molar refractivity (Wildman–Crippen MR) is 144 cm³/mol. The normalized spacial score (nSPS) is 11.2. The molecule has 3 aromatic carbocycles. The molecular formula is C28H34N2O6S. The van der Waals surface area contributed by atoms with Crippen LogP contribution in [0, 0.1) is 0 Å². The summed E-state index contributed by atoms with van der Waals surface area (Å²) < 4.78 is 44.7. The van der Waals surface area contributed by atoms with Crippen LogP contribution in [0.1, 0.15) is 25.8 Å². The minimum atomic E-state index is -4.07. The van der Waals surface area contributed by atoms with Gasteiger partial charge >= 0.3 is 0 Å². The lowest BCUT2D eigenvalue weighted by atomic mass is 10.1.